The van der Waals surface area contributed by atoms with Gasteiger partial charge in [0.1, 0.15) is 0 Å². The van der Waals surface area contributed by atoms with Crippen LogP contribution in [0.4, 0.5) is 0 Å². The van der Waals surface area contributed by atoms with Crippen LogP contribution in [0, 0.1) is 11.8 Å². The van der Waals surface area contributed by atoms with Gasteiger partial charge in [0.15, 0.2) is 5.78 Å². The molecule has 1 saturated carbocycles. The lowest BCUT2D eigenvalue weighted by Gasteiger charge is -2.25. The number of hydrogen-bond acceptors (Lipinski definition) is 3. The number of rotatable bonds is 2. The zero-order valence-electron chi connectivity index (χ0n) is 11.7. The second-order valence-electron chi connectivity index (χ2n) is 5.62. The Morgan fingerprint density at radius 2 is 1.74 bits per heavy atom. The first-order chi connectivity index (χ1) is 8.91. The third kappa shape index (κ3) is 2.55. The molecule has 2 rings (SSSR count). The van der Waals surface area contributed by atoms with Crippen LogP contribution in [0.1, 0.15) is 43.0 Å². The van der Waals surface area contributed by atoms with Gasteiger partial charge < -0.3 is 4.57 Å². The number of ketones is 1. The van der Waals surface area contributed by atoms with Crippen molar-refractivity contribution < 1.29 is 4.79 Å². The molecule has 0 N–H and O–H groups in total. The largest absolute Gasteiger partial charge is 0.330 e. The van der Waals surface area contributed by atoms with E-state index in [9.17, 15) is 14.4 Å². The van der Waals surface area contributed by atoms with Crippen molar-refractivity contribution in [3.63, 3.8) is 0 Å². The highest BCUT2D eigenvalue weighted by Gasteiger charge is 2.27. The molecular formula is C14H20N2O3. The van der Waals surface area contributed by atoms with Crippen molar-refractivity contribution in [1.82, 2.24) is 9.13 Å². The highest BCUT2D eigenvalue weighted by molar-refractivity contribution is 5.97. The molecule has 1 heterocycles. The van der Waals surface area contributed by atoms with Crippen LogP contribution in [0.5, 0.6) is 0 Å². The topological polar surface area (TPSA) is 61.1 Å². The summed E-state index contributed by atoms with van der Waals surface area (Å²) in [5.41, 5.74) is -0.741. The normalized spacial score (nSPS) is 23.3. The van der Waals surface area contributed by atoms with Crippen LogP contribution >= 0.6 is 0 Å². The predicted molar refractivity (Wildman–Crippen MR) is 72.4 cm³/mol. The van der Waals surface area contributed by atoms with E-state index in [0.717, 1.165) is 30.3 Å². The van der Waals surface area contributed by atoms with Gasteiger partial charge in [-0.3, -0.25) is 14.2 Å². The molecule has 0 atom stereocenters. The summed E-state index contributed by atoms with van der Waals surface area (Å²) in [6.07, 6.45) is 5.12. The van der Waals surface area contributed by atoms with E-state index in [2.05, 4.69) is 6.92 Å². The molecule has 0 bridgehead atoms. The molecule has 1 aliphatic rings. The van der Waals surface area contributed by atoms with Crippen molar-refractivity contribution in [2.45, 2.75) is 32.6 Å². The third-order valence-corrected chi connectivity index (χ3v) is 4.10. The predicted octanol–water partition coefficient (Wildman–Crippen LogP) is 1.09. The lowest BCUT2D eigenvalue weighted by molar-refractivity contribution is 0.0872. The molecule has 0 radical (unpaired) electrons. The summed E-state index contributed by atoms with van der Waals surface area (Å²) in [4.78, 5) is 36.0. The van der Waals surface area contributed by atoms with Crippen LogP contribution in [-0.4, -0.2) is 14.9 Å². The molecule has 0 unspecified atom stereocenters. The second-order valence-corrected chi connectivity index (χ2v) is 5.62. The maximum atomic E-state index is 12.4. The summed E-state index contributed by atoms with van der Waals surface area (Å²) in [5, 5.41) is 0. The van der Waals surface area contributed by atoms with Gasteiger partial charge >= 0.3 is 5.69 Å². The molecule has 0 aliphatic heterocycles. The maximum Gasteiger partial charge on any atom is 0.330 e. The first-order valence-electron chi connectivity index (χ1n) is 6.72. The quantitative estimate of drug-likeness (QED) is 0.751. The fraction of sp³-hybridized carbons (Fsp3) is 0.643. The molecule has 0 saturated heterocycles. The number of aromatic nitrogens is 2. The van der Waals surface area contributed by atoms with Crippen LogP contribution in [-0.2, 0) is 14.1 Å². The smallest absolute Gasteiger partial charge is 0.303 e. The third-order valence-electron chi connectivity index (χ3n) is 4.10. The summed E-state index contributed by atoms with van der Waals surface area (Å²) >= 11 is 0. The highest BCUT2D eigenvalue weighted by atomic mass is 16.2. The Hall–Kier alpha value is -1.65. The first kappa shape index (κ1) is 13.8. The zero-order chi connectivity index (χ0) is 14.2. The molecule has 104 valence electrons. The van der Waals surface area contributed by atoms with Crippen molar-refractivity contribution in [1.29, 1.82) is 0 Å². The Labute approximate surface area is 111 Å². The van der Waals surface area contributed by atoms with E-state index in [1.165, 1.54) is 17.8 Å². The summed E-state index contributed by atoms with van der Waals surface area (Å²) in [7, 11) is 2.96. The van der Waals surface area contributed by atoms with Crippen LogP contribution in [0.2, 0.25) is 0 Å². The van der Waals surface area contributed by atoms with Crippen molar-refractivity contribution >= 4 is 5.78 Å². The molecule has 1 fully saturated rings. The number of hydrogen-bond donors (Lipinski definition) is 0. The van der Waals surface area contributed by atoms with E-state index in [1.807, 2.05) is 0 Å². The standard InChI is InChI=1S/C14H20N2O3/c1-9-4-6-10(7-5-9)12(17)11-8-15(2)14(19)16(3)13(11)18/h8-10H,4-7H2,1-3H3. The molecule has 19 heavy (non-hydrogen) atoms. The van der Waals surface area contributed by atoms with Crippen LogP contribution in [0.15, 0.2) is 15.8 Å². The van der Waals surface area contributed by atoms with Gasteiger partial charge in [0.2, 0.25) is 0 Å². The number of Topliss-reactive ketones (excluding diaryl/α,β-unsaturated/α-hetero) is 1. The van der Waals surface area contributed by atoms with Crippen LogP contribution in [0.25, 0.3) is 0 Å². The molecule has 1 aromatic heterocycles. The Kier molecular flexibility index (Phi) is 3.73. The van der Waals surface area contributed by atoms with Gasteiger partial charge in [0.05, 0.1) is 5.56 Å². The molecule has 1 aromatic rings. The van der Waals surface area contributed by atoms with Gasteiger partial charge in [-0.15, -0.1) is 0 Å². The van der Waals surface area contributed by atoms with E-state index < -0.39 is 11.2 Å². The fourth-order valence-electron chi connectivity index (χ4n) is 2.72. The number of aryl methyl sites for hydroxylation is 1. The van der Waals surface area contributed by atoms with Crippen molar-refractivity contribution in [3.8, 4) is 0 Å². The average Bonchev–Trinajstić information content (AvgIpc) is 2.40. The molecule has 0 amide bonds. The minimum absolute atomic E-state index is 0.0681. The number of carbonyl (C=O) groups excluding carboxylic acids is 1. The van der Waals surface area contributed by atoms with Gasteiger partial charge in [0, 0.05) is 26.2 Å². The van der Waals surface area contributed by atoms with Crippen LogP contribution in [0.3, 0.4) is 0 Å². The van der Waals surface area contributed by atoms with E-state index in [1.54, 1.807) is 7.05 Å². The first-order valence-corrected chi connectivity index (χ1v) is 6.72. The average molecular weight is 264 g/mol. The molecule has 5 heteroatoms. The zero-order valence-corrected chi connectivity index (χ0v) is 11.7. The van der Waals surface area contributed by atoms with Crippen molar-refractivity contribution in [3.05, 3.63) is 32.6 Å². The molecule has 5 nitrogen and oxygen atoms in total. The van der Waals surface area contributed by atoms with E-state index in [0.29, 0.717) is 5.92 Å². The summed E-state index contributed by atoms with van der Waals surface area (Å²) in [5.74, 6) is 0.483. The molecule has 0 aromatic carbocycles. The van der Waals surface area contributed by atoms with Gasteiger partial charge in [-0.2, -0.15) is 0 Å². The molecular weight excluding hydrogens is 244 g/mol. The Bertz CT molecular complexity index is 604. The minimum atomic E-state index is -0.480. The van der Waals surface area contributed by atoms with E-state index >= 15 is 0 Å². The Balaban J connectivity index is 2.35. The lowest BCUT2D eigenvalue weighted by atomic mass is 9.80. The van der Waals surface area contributed by atoms with Crippen LogP contribution < -0.4 is 11.2 Å². The molecule has 0 spiro atoms. The lowest BCUT2D eigenvalue weighted by Crippen LogP contribution is -2.40. The van der Waals surface area contributed by atoms with Crippen molar-refractivity contribution in [2.75, 3.05) is 0 Å². The van der Waals surface area contributed by atoms with E-state index in [-0.39, 0.29) is 17.3 Å². The number of carbonyl (C=O) groups is 1. The monoisotopic (exact) mass is 264 g/mol. The SMILES string of the molecule is CC1CCC(C(=O)c2cn(C)c(=O)n(C)c2=O)CC1. The maximum absolute atomic E-state index is 12.4. The number of nitrogens with zero attached hydrogens (tertiary/aromatic N) is 2. The highest BCUT2D eigenvalue weighted by Crippen LogP contribution is 2.29. The summed E-state index contributed by atoms with van der Waals surface area (Å²) in [6.45, 7) is 2.19. The summed E-state index contributed by atoms with van der Waals surface area (Å²) < 4.78 is 2.29. The molecule has 1 aliphatic carbocycles. The Morgan fingerprint density at radius 3 is 2.32 bits per heavy atom. The minimum Gasteiger partial charge on any atom is -0.303 e. The van der Waals surface area contributed by atoms with Crippen molar-refractivity contribution in [2.24, 2.45) is 25.9 Å². The second kappa shape index (κ2) is 5.15. The van der Waals surface area contributed by atoms with E-state index in [4.69, 9.17) is 0 Å². The summed E-state index contributed by atoms with van der Waals surface area (Å²) in [6, 6.07) is 0. The van der Waals surface area contributed by atoms with Gasteiger partial charge in [-0.1, -0.05) is 19.8 Å². The Morgan fingerprint density at radius 1 is 1.16 bits per heavy atom. The fourth-order valence-corrected chi connectivity index (χ4v) is 2.72. The van der Waals surface area contributed by atoms with Gasteiger partial charge in [0.25, 0.3) is 5.56 Å². The van der Waals surface area contributed by atoms with Gasteiger partial charge in [-0.05, 0) is 18.8 Å². The van der Waals surface area contributed by atoms with Gasteiger partial charge in [-0.25, -0.2) is 4.79 Å².